The number of anilines is 1. The molecule has 0 aliphatic rings. The van der Waals surface area contributed by atoms with Crippen LogP contribution in [0.3, 0.4) is 0 Å². The van der Waals surface area contributed by atoms with Crippen molar-refractivity contribution in [3.63, 3.8) is 0 Å². The number of aliphatic hydroxyl groups excluding tert-OH is 1. The molecule has 0 radical (unpaired) electrons. The Balaban J connectivity index is 2.89. The molecule has 1 aromatic rings. The van der Waals surface area contributed by atoms with Gasteiger partial charge in [-0.25, -0.2) is 0 Å². The van der Waals surface area contributed by atoms with Gasteiger partial charge in [0.15, 0.2) is 0 Å². The average Bonchev–Trinajstić information content (AvgIpc) is 2.27. The topological polar surface area (TPSA) is 75.3 Å². The average molecular weight is 250 g/mol. The molecule has 0 heterocycles. The van der Waals surface area contributed by atoms with Crippen molar-refractivity contribution in [3.8, 4) is 0 Å². The van der Waals surface area contributed by atoms with Gasteiger partial charge in [0.25, 0.3) is 0 Å². The lowest BCUT2D eigenvalue weighted by Gasteiger charge is -2.26. The van der Waals surface area contributed by atoms with Gasteiger partial charge in [0.2, 0.25) is 5.91 Å². The molecule has 0 aromatic heterocycles. The summed E-state index contributed by atoms with van der Waals surface area (Å²) in [4.78, 5) is 12.0. The van der Waals surface area contributed by atoms with Gasteiger partial charge in [-0.05, 0) is 18.4 Å². The molecule has 1 amide bonds. The van der Waals surface area contributed by atoms with Gasteiger partial charge in [-0.2, -0.15) is 0 Å². The predicted molar refractivity (Wildman–Crippen MR) is 73.1 cm³/mol. The Bertz CT molecular complexity index is 422. The van der Waals surface area contributed by atoms with Gasteiger partial charge in [0.05, 0.1) is 12.1 Å². The quantitative estimate of drug-likeness (QED) is 0.768. The highest BCUT2D eigenvalue weighted by atomic mass is 16.3. The summed E-state index contributed by atoms with van der Waals surface area (Å²) in [5.74, 6) is -0.240. The summed E-state index contributed by atoms with van der Waals surface area (Å²) in [5, 5.41) is 12.4. The Morgan fingerprint density at radius 2 is 1.89 bits per heavy atom. The van der Waals surface area contributed by atoms with Gasteiger partial charge in [0, 0.05) is 11.3 Å². The van der Waals surface area contributed by atoms with E-state index in [2.05, 4.69) is 5.32 Å². The molecule has 0 aliphatic heterocycles. The number of carbonyl (C=O) groups is 1. The van der Waals surface area contributed by atoms with Gasteiger partial charge < -0.3 is 16.2 Å². The molecular formula is C14H22N2O2. The first-order valence-electron chi connectivity index (χ1n) is 6.07. The van der Waals surface area contributed by atoms with Gasteiger partial charge in [-0.3, -0.25) is 4.79 Å². The largest absolute Gasteiger partial charge is 0.389 e. The summed E-state index contributed by atoms with van der Waals surface area (Å²) in [5.41, 5.74) is 6.89. The van der Waals surface area contributed by atoms with Crippen LogP contribution in [0.25, 0.3) is 0 Å². The number of aliphatic hydroxyl groups is 1. The second-order valence-corrected chi connectivity index (χ2v) is 5.60. The molecule has 1 aromatic carbocycles. The number of nitrogens with one attached hydrogen (secondary N) is 1. The van der Waals surface area contributed by atoms with Gasteiger partial charge in [0.1, 0.15) is 0 Å². The van der Waals surface area contributed by atoms with Crippen molar-refractivity contribution in [1.29, 1.82) is 0 Å². The molecule has 0 spiro atoms. The number of benzene rings is 1. The van der Waals surface area contributed by atoms with Crippen LogP contribution in [0.5, 0.6) is 0 Å². The molecule has 18 heavy (non-hydrogen) atoms. The second kappa shape index (κ2) is 5.50. The van der Waals surface area contributed by atoms with Crippen LogP contribution in [-0.2, 0) is 4.79 Å². The standard InChI is InChI=1S/C14H22N2O2/c1-9(17)10-7-5-6-8-11(10)16-13(18)12(15)14(2,3)4/h5-9,12,17H,15H2,1-4H3,(H,16,18)/t9?,12-/m1/s1. The Labute approximate surface area is 108 Å². The van der Waals surface area contributed by atoms with Crippen LogP contribution in [0, 0.1) is 5.41 Å². The Morgan fingerprint density at radius 3 is 2.39 bits per heavy atom. The monoisotopic (exact) mass is 250 g/mol. The molecule has 4 N–H and O–H groups in total. The molecule has 0 bridgehead atoms. The van der Waals surface area contributed by atoms with E-state index in [1.807, 2.05) is 32.9 Å². The minimum atomic E-state index is -0.632. The van der Waals surface area contributed by atoms with E-state index in [0.717, 1.165) is 0 Å². The maximum Gasteiger partial charge on any atom is 0.241 e. The third kappa shape index (κ3) is 3.55. The highest BCUT2D eigenvalue weighted by molar-refractivity contribution is 5.95. The first kappa shape index (κ1) is 14.7. The van der Waals surface area contributed by atoms with Crippen molar-refractivity contribution in [2.24, 2.45) is 11.1 Å². The number of nitrogens with two attached hydrogens (primary N) is 1. The fraction of sp³-hybridized carbons (Fsp3) is 0.500. The van der Waals surface area contributed by atoms with Crippen LogP contribution in [-0.4, -0.2) is 17.1 Å². The minimum absolute atomic E-state index is 0.240. The minimum Gasteiger partial charge on any atom is -0.389 e. The Hall–Kier alpha value is -1.39. The second-order valence-electron chi connectivity index (χ2n) is 5.60. The lowest BCUT2D eigenvalue weighted by Crippen LogP contribution is -2.45. The molecule has 1 unspecified atom stereocenters. The first-order valence-corrected chi connectivity index (χ1v) is 6.07. The molecule has 0 saturated carbocycles. The van der Waals surface area contributed by atoms with Crippen LogP contribution < -0.4 is 11.1 Å². The van der Waals surface area contributed by atoms with Gasteiger partial charge in [-0.1, -0.05) is 39.0 Å². The molecule has 0 aliphatic carbocycles. The summed E-state index contributed by atoms with van der Waals surface area (Å²) in [6, 6.07) is 6.57. The summed E-state index contributed by atoms with van der Waals surface area (Å²) in [7, 11) is 0. The molecule has 1 rings (SSSR count). The number of para-hydroxylation sites is 1. The normalized spacial score (nSPS) is 15.0. The smallest absolute Gasteiger partial charge is 0.241 e. The Kier molecular flexibility index (Phi) is 4.48. The third-order valence-corrected chi connectivity index (χ3v) is 2.88. The van der Waals surface area contributed by atoms with E-state index in [9.17, 15) is 9.90 Å². The lowest BCUT2D eigenvalue weighted by atomic mass is 9.87. The van der Waals surface area contributed by atoms with Crippen LogP contribution >= 0.6 is 0 Å². The SMILES string of the molecule is CC(O)c1ccccc1NC(=O)[C@@H](N)C(C)(C)C. The van der Waals surface area contributed by atoms with Crippen molar-refractivity contribution in [3.05, 3.63) is 29.8 Å². The van der Waals surface area contributed by atoms with Crippen LogP contribution in [0.2, 0.25) is 0 Å². The van der Waals surface area contributed by atoms with Crippen LogP contribution in [0.4, 0.5) is 5.69 Å². The fourth-order valence-electron chi connectivity index (χ4n) is 1.58. The zero-order chi connectivity index (χ0) is 13.9. The lowest BCUT2D eigenvalue weighted by molar-refractivity contribution is -0.119. The van der Waals surface area contributed by atoms with Crippen molar-refractivity contribution in [1.82, 2.24) is 0 Å². The fourth-order valence-corrected chi connectivity index (χ4v) is 1.58. The summed E-state index contributed by atoms with van der Waals surface area (Å²) >= 11 is 0. The third-order valence-electron chi connectivity index (χ3n) is 2.88. The number of hydrogen-bond donors (Lipinski definition) is 3. The number of carbonyl (C=O) groups excluding carboxylic acids is 1. The maximum absolute atomic E-state index is 12.0. The van der Waals surface area contributed by atoms with E-state index in [1.54, 1.807) is 19.1 Å². The molecule has 0 saturated heterocycles. The summed E-state index contributed by atoms with van der Waals surface area (Å²) in [6.45, 7) is 7.40. The Morgan fingerprint density at radius 1 is 1.33 bits per heavy atom. The van der Waals surface area contributed by atoms with E-state index in [4.69, 9.17) is 5.73 Å². The highest BCUT2D eigenvalue weighted by Gasteiger charge is 2.27. The van der Waals surface area contributed by atoms with E-state index in [1.165, 1.54) is 0 Å². The first-order chi connectivity index (χ1) is 8.23. The maximum atomic E-state index is 12.0. The van der Waals surface area contributed by atoms with E-state index in [-0.39, 0.29) is 11.3 Å². The molecule has 4 heteroatoms. The summed E-state index contributed by atoms with van der Waals surface area (Å²) in [6.07, 6.45) is -0.632. The van der Waals surface area contributed by atoms with Gasteiger partial charge in [-0.15, -0.1) is 0 Å². The predicted octanol–water partition coefficient (Wildman–Crippen LogP) is 2.05. The van der Waals surface area contributed by atoms with E-state index < -0.39 is 12.1 Å². The zero-order valence-electron chi connectivity index (χ0n) is 11.4. The van der Waals surface area contributed by atoms with Crippen LogP contribution in [0.15, 0.2) is 24.3 Å². The molecule has 100 valence electrons. The van der Waals surface area contributed by atoms with Crippen molar-refractivity contribution in [2.75, 3.05) is 5.32 Å². The van der Waals surface area contributed by atoms with Crippen molar-refractivity contribution in [2.45, 2.75) is 39.8 Å². The molecule has 2 atom stereocenters. The number of rotatable bonds is 3. The van der Waals surface area contributed by atoms with E-state index >= 15 is 0 Å². The van der Waals surface area contributed by atoms with E-state index in [0.29, 0.717) is 11.3 Å². The number of hydrogen-bond acceptors (Lipinski definition) is 3. The van der Waals surface area contributed by atoms with Crippen molar-refractivity contribution >= 4 is 11.6 Å². The van der Waals surface area contributed by atoms with Gasteiger partial charge >= 0.3 is 0 Å². The molecule has 4 nitrogen and oxygen atoms in total. The number of amides is 1. The van der Waals surface area contributed by atoms with Crippen LogP contribution in [0.1, 0.15) is 39.4 Å². The molecule has 0 fully saturated rings. The van der Waals surface area contributed by atoms with Crippen molar-refractivity contribution < 1.29 is 9.90 Å². The summed E-state index contributed by atoms with van der Waals surface area (Å²) < 4.78 is 0. The molecular weight excluding hydrogens is 228 g/mol. The highest BCUT2D eigenvalue weighted by Crippen LogP contribution is 2.24. The zero-order valence-corrected chi connectivity index (χ0v) is 11.4.